The van der Waals surface area contributed by atoms with Gasteiger partial charge in [-0.1, -0.05) is 38.1 Å². The Kier molecular flexibility index (Phi) is 8.46. The van der Waals surface area contributed by atoms with Crippen LogP contribution in [-0.2, 0) is 6.42 Å². The topological polar surface area (TPSA) is 68.8 Å². The van der Waals surface area contributed by atoms with E-state index in [2.05, 4.69) is 30.5 Å². The summed E-state index contributed by atoms with van der Waals surface area (Å²) in [6.07, 6.45) is 0.700. The normalized spacial score (nSPS) is 10.5. The van der Waals surface area contributed by atoms with Gasteiger partial charge < -0.3 is 24.8 Å². The van der Waals surface area contributed by atoms with Gasteiger partial charge >= 0.3 is 6.03 Å². The second-order valence-electron chi connectivity index (χ2n) is 6.66. The first-order chi connectivity index (χ1) is 13.5. The summed E-state index contributed by atoms with van der Waals surface area (Å²) in [5.41, 5.74) is 2.23. The molecule has 0 aliphatic heterocycles. The lowest BCUT2D eigenvalue weighted by Crippen LogP contribution is -2.38. The summed E-state index contributed by atoms with van der Waals surface area (Å²) in [5.74, 6) is 2.64. The number of nitrogens with one attached hydrogen (secondary N) is 2. The fourth-order valence-electron chi connectivity index (χ4n) is 2.83. The van der Waals surface area contributed by atoms with Crippen LogP contribution in [0, 0.1) is 0 Å². The quantitative estimate of drug-likeness (QED) is 0.610. The van der Waals surface area contributed by atoms with Gasteiger partial charge in [0.2, 0.25) is 0 Å². The van der Waals surface area contributed by atoms with Crippen LogP contribution >= 0.6 is 0 Å². The first-order valence-electron chi connectivity index (χ1n) is 9.49. The third kappa shape index (κ3) is 6.37. The molecule has 2 rings (SSSR count). The van der Waals surface area contributed by atoms with Crippen LogP contribution in [0.5, 0.6) is 17.2 Å². The van der Waals surface area contributed by atoms with Crippen LogP contribution < -0.4 is 24.8 Å². The number of carbonyl (C=O) groups is 1. The zero-order valence-corrected chi connectivity index (χ0v) is 17.1. The number of ether oxygens (including phenoxy) is 3. The molecule has 0 atom stereocenters. The highest BCUT2D eigenvalue weighted by atomic mass is 16.5. The summed E-state index contributed by atoms with van der Waals surface area (Å²) in [5, 5.41) is 5.66. The summed E-state index contributed by atoms with van der Waals surface area (Å²) >= 11 is 0. The van der Waals surface area contributed by atoms with E-state index in [0.29, 0.717) is 43.5 Å². The number of urea groups is 1. The van der Waals surface area contributed by atoms with Crippen LogP contribution in [0.15, 0.2) is 42.5 Å². The molecular weight excluding hydrogens is 356 g/mol. The van der Waals surface area contributed by atoms with Gasteiger partial charge in [-0.25, -0.2) is 4.79 Å². The van der Waals surface area contributed by atoms with Gasteiger partial charge in [-0.2, -0.15) is 0 Å². The smallest absolute Gasteiger partial charge is 0.314 e. The molecule has 28 heavy (non-hydrogen) atoms. The largest absolute Gasteiger partial charge is 0.493 e. The van der Waals surface area contributed by atoms with Gasteiger partial charge in [0.1, 0.15) is 12.4 Å². The fraction of sp³-hybridized carbons (Fsp3) is 0.409. The lowest BCUT2D eigenvalue weighted by atomic mass is 10.0. The van der Waals surface area contributed by atoms with E-state index in [1.807, 2.05) is 36.4 Å². The third-order valence-corrected chi connectivity index (χ3v) is 4.33. The van der Waals surface area contributed by atoms with E-state index in [0.717, 1.165) is 11.3 Å². The Morgan fingerprint density at radius 1 is 0.929 bits per heavy atom. The molecule has 0 saturated carbocycles. The van der Waals surface area contributed by atoms with Crippen LogP contribution in [-0.4, -0.2) is 39.9 Å². The fourth-order valence-corrected chi connectivity index (χ4v) is 2.83. The molecule has 2 aromatic rings. The number of hydrogen-bond donors (Lipinski definition) is 2. The number of carbonyl (C=O) groups excluding carboxylic acids is 1. The van der Waals surface area contributed by atoms with Gasteiger partial charge in [0, 0.05) is 6.54 Å². The van der Waals surface area contributed by atoms with E-state index in [-0.39, 0.29) is 6.03 Å². The monoisotopic (exact) mass is 386 g/mol. The van der Waals surface area contributed by atoms with Crippen molar-refractivity contribution >= 4 is 6.03 Å². The molecule has 2 aromatic carbocycles. The molecular formula is C22H30N2O4. The Hall–Kier alpha value is -2.89. The number of para-hydroxylation sites is 1. The molecule has 0 bridgehead atoms. The Morgan fingerprint density at radius 2 is 1.64 bits per heavy atom. The average molecular weight is 386 g/mol. The molecule has 0 spiro atoms. The summed E-state index contributed by atoms with van der Waals surface area (Å²) < 4.78 is 16.3. The molecule has 0 aliphatic rings. The highest BCUT2D eigenvalue weighted by molar-refractivity contribution is 5.73. The summed E-state index contributed by atoms with van der Waals surface area (Å²) in [4.78, 5) is 11.9. The lowest BCUT2D eigenvalue weighted by molar-refractivity contribution is 0.236. The van der Waals surface area contributed by atoms with Crippen LogP contribution in [0.2, 0.25) is 0 Å². The van der Waals surface area contributed by atoms with Crippen LogP contribution in [0.4, 0.5) is 4.79 Å². The molecule has 0 fully saturated rings. The number of rotatable bonds is 10. The molecule has 0 aliphatic carbocycles. The van der Waals surface area contributed by atoms with Crippen molar-refractivity contribution in [1.29, 1.82) is 0 Å². The minimum atomic E-state index is -0.207. The maximum Gasteiger partial charge on any atom is 0.314 e. The van der Waals surface area contributed by atoms with Gasteiger partial charge in [0.15, 0.2) is 11.5 Å². The number of benzene rings is 2. The van der Waals surface area contributed by atoms with Gasteiger partial charge in [0.05, 0.1) is 20.8 Å². The van der Waals surface area contributed by atoms with Gasteiger partial charge in [-0.15, -0.1) is 0 Å². The Balaban J connectivity index is 1.68. The number of amides is 2. The van der Waals surface area contributed by atoms with E-state index in [9.17, 15) is 4.79 Å². The third-order valence-electron chi connectivity index (χ3n) is 4.33. The molecule has 152 valence electrons. The van der Waals surface area contributed by atoms with Crippen LogP contribution in [0.3, 0.4) is 0 Å². The molecule has 0 saturated heterocycles. The molecule has 0 unspecified atom stereocenters. The van der Waals surface area contributed by atoms with E-state index in [4.69, 9.17) is 14.2 Å². The molecule has 0 radical (unpaired) electrons. The Labute approximate surface area is 167 Å². The Bertz CT molecular complexity index is 762. The minimum absolute atomic E-state index is 0.207. The second-order valence-corrected chi connectivity index (χ2v) is 6.66. The van der Waals surface area contributed by atoms with Crippen molar-refractivity contribution in [3.8, 4) is 17.2 Å². The number of hydrogen-bond acceptors (Lipinski definition) is 4. The molecule has 2 N–H and O–H groups in total. The summed E-state index contributed by atoms with van der Waals surface area (Å²) in [6, 6.07) is 13.5. The summed E-state index contributed by atoms with van der Waals surface area (Å²) in [7, 11) is 3.21. The second kappa shape index (κ2) is 11.1. The Morgan fingerprint density at radius 3 is 2.36 bits per heavy atom. The van der Waals surface area contributed by atoms with Crippen molar-refractivity contribution in [1.82, 2.24) is 10.6 Å². The van der Waals surface area contributed by atoms with Crippen molar-refractivity contribution in [3.05, 3.63) is 53.6 Å². The number of methoxy groups -OCH3 is 2. The molecule has 0 aromatic heterocycles. The average Bonchev–Trinajstić information content (AvgIpc) is 2.71. The summed E-state index contributed by atoms with van der Waals surface area (Å²) in [6.45, 7) is 5.65. The van der Waals surface area contributed by atoms with Crippen molar-refractivity contribution in [2.75, 3.05) is 33.9 Å². The van der Waals surface area contributed by atoms with E-state index < -0.39 is 0 Å². The maximum absolute atomic E-state index is 11.9. The predicted octanol–water partition coefficient (Wildman–Crippen LogP) is 3.75. The van der Waals surface area contributed by atoms with Crippen molar-refractivity contribution in [2.45, 2.75) is 26.2 Å². The molecule has 0 heterocycles. The zero-order valence-electron chi connectivity index (χ0n) is 17.1. The standard InChI is InChI=1S/C22H30N2O4/c1-16(2)18-7-5-6-8-19(18)28-14-13-24-22(25)23-12-11-17-9-10-20(26-3)21(15-17)27-4/h5-10,15-16H,11-14H2,1-4H3,(H2,23,24,25). The van der Waals surface area contributed by atoms with Crippen LogP contribution in [0.25, 0.3) is 0 Å². The lowest BCUT2D eigenvalue weighted by Gasteiger charge is -2.14. The highest BCUT2D eigenvalue weighted by Gasteiger charge is 2.07. The molecule has 6 heteroatoms. The van der Waals surface area contributed by atoms with Crippen molar-refractivity contribution in [2.24, 2.45) is 0 Å². The van der Waals surface area contributed by atoms with Gasteiger partial charge in [-0.3, -0.25) is 0 Å². The predicted molar refractivity (Wildman–Crippen MR) is 111 cm³/mol. The van der Waals surface area contributed by atoms with E-state index >= 15 is 0 Å². The highest BCUT2D eigenvalue weighted by Crippen LogP contribution is 2.27. The van der Waals surface area contributed by atoms with Crippen molar-refractivity contribution in [3.63, 3.8) is 0 Å². The SMILES string of the molecule is COc1ccc(CCNC(=O)NCCOc2ccccc2C(C)C)cc1OC. The van der Waals surface area contributed by atoms with Gasteiger partial charge in [0.25, 0.3) is 0 Å². The van der Waals surface area contributed by atoms with E-state index in [1.165, 1.54) is 5.56 Å². The first kappa shape index (κ1) is 21.4. The molecule has 2 amide bonds. The van der Waals surface area contributed by atoms with E-state index in [1.54, 1.807) is 14.2 Å². The minimum Gasteiger partial charge on any atom is -0.493 e. The first-order valence-corrected chi connectivity index (χ1v) is 9.49. The molecule has 6 nitrogen and oxygen atoms in total. The van der Waals surface area contributed by atoms with Crippen molar-refractivity contribution < 1.29 is 19.0 Å². The maximum atomic E-state index is 11.9. The zero-order chi connectivity index (χ0) is 20.4. The van der Waals surface area contributed by atoms with Gasteiger partial charge in [-0.05, 0) is 41.7 Å². The van der Waals surface area contributed by atoms with Crippen LogP contribution in [0.1, 0.15) is 30.9 Å².